The van der Waals surface area contributed by atoms with Crippen LogP contribution in [0.15, 0.2) is 42.5 Å². The Balaban J connectivity index is 1.99. The molecular formula is C18H15NO. The van der Waals surface area contributed by atoms with E-state index >= 15 is 0 Å². The molecule has 4 rings (SSSR count). The van der Waals surface area contributed by atoms with Crippen molar-refractivity contribution in [2.24, 2.45) is 0 Å². The van der Waals surface area contributed by atoms with Crippen molar-refractivity contribution in [2.45, 2.75) is 19.8 Å². The zero-order chi connectivity index (χ0) is 13.7. The van der Waals surface area contributed by atoms with Crippen molar-refractivity contribution in [3.8, 4) is 0 Å². The Bertz CT molecular complexity index is 771. The molecule has 20 heavy (non-hydrogen) atoms. The maximum Gasteiger partial charge on any atom is 0.256 e. The lowest BCUT2D eigenvalue weighted by atomic mass is 9.96. The van der Waals surface area contributed by atoms with E-state index in [9.17, 15) is 4.79 Å². The molecule has 0 spiro atoms. The van der Waals surface area contributed by atoms with Gasteiger partial charge in [0, 0.05) is 11.3 Å². The number of rotatable bonds is 0. The van der Waals surface area contributed by atoms with Gasteiger partial charge in [-0.15, -0.1) is 0 Å². The minimum Gasteiger partial charge on any atom is -0.321 e. The Morgan fingerprint density at radius 3 is 2.65 bits per heavy atom. The number of amides is 1. The molecule has 98 valence electrons. The fourth-order valence-electron chi connectivity index (χ4n) is 3.38. The molecule has 0 bridgehead atoms. The number of benzene rings is 2. The summed E-state index contributed by atoms with van der Waals surface area (Å²) in [6.45, 7) is 2.15. The highest BCUT2D eigenvalue weighted by molar-refractivity contribution is 6.37. The standard InChI is InChI=1S/C18H15NO/c1-11-5-4-7-13-12(11)9-10-14(13)17-15-6-2-3-8-16(15)19-18(17)20/h2-8H,9-10H2,1H3,(H,19,20)/b17-14-. The van der Waals surface area contributed by atoms with E-state index in [-0.39, 0.29) is 5.91 Å². The molecule has 1 aliphatic carbocycles. The molecule has 0 radical (unpaired) electrons. The highest BCUT2D eigenvalue weighted by Gasteiger charge is 2.30. The van der Waals surface area contributed by atoms with Crippen LogP contribution < -0.4 is 5.32 Å². The number of para-hydroxylation sites is 1. The minimum atomic E-state index is 0.0376. The minimum absolute atomic E-state index is 0.0376. The number of hydrogen-bond acceptors (Lipinski definition) is 1. The summed E-state index contributed by atoms with van der Waals surface area (Å²) in [5.74, 6) is 0.0376. The van der Waals surface area contributed by atoms with Gasteiger partial charge < -0.3 is 5.32 Å². The molecule has 2 aromatic rings. The van der Waals surface area contributed by atoms with Crippen LogP contribution in [0, 0.1) is 6.92 Å². The summed E-state index contributed by atoms with van der Waals surface area (Å²) in [5, 5.41) is 2.97. The van der Waals surface area contributed by atoms with Crippen LogP contribution in [0.1, 0.15) is 28.7 Å². The summed E-state index contributed by atoms with van der Waals surface area (Å²) < 4.78 is 0. The highest BCUT2D eigenvalue weighted by atomic mass is 16.2. The van der Waals surface area contributed by atoms with Crippen molar-refractivity contribution >= 4 is 22.7 Å². The SMILES string of the molecule is Cc1cccc2c1CC/C2=C1/C(=O)Nc2ccccc21. The number of anilines is 1. The second-order valence-electron chi connectivity index (χ2n) is 5.45. The molecule has 2 aromatic carbocycles. The van der Waals surface area contributed by atoms with Crippen LogP contribution in [-0.2, 0) is 11.2 Å². The van der Waals surface area contributed by atoms with E-state index in [0.717, 1.165) is 29.7 Å². The number of carbonyl (C=O) groups is 1. The summed E-state index contributed by atoms with van der Waals surface area (Å²) in [6.07, 6.45) is 1.99. The van der Waals surface area contributed by atoms with Gasteiger partial charge in [-0.2, -0.15) is 0 Å². The van der Waals surface area contributed by atoms with Gasteiger partial charge in [0.1, 0.15) is 0 Å². The van der Waals surface area contributed by atoms with Crippen molar-refractivity contribution in [1.82, 2.24) is 0 Å². The van der Waals surface area contributed by atoms with Crippen molar-refractivity contribution < 1.29 is 4.79 Å². The Kier molecular flexibility index (Phi) is 2.34. The molecule has 2 heteroatoms. The first kappa shape index (κ1) is 11.5. The maximum absolute atomic E-state index is 12.3. The monoisotopic (exact) mass is 261 g/mol. The maximum atomic E-state index is 12.3. The van der Waals surface area contributed by atoms with Crippen LogP contribution in [0.25, 0.3) is 11.1 Å². The molecule has 2 aliphatic rings. The third-order valence-corrected chi connectivity index (χ3v) is 4.33. The molecule has 1 aliphatic heterocycles. The molecule has 0 atom stereocenters. The van der Waals surface area contributed by atoms with Gasteiger partial charge in [-0.05, 0) is 48.1 Å². The van der Waals surface area contributed by atoms with Crippen molar-refractivity contribution in [1.29, 1.82) is 0 Å². The van der Waals surface area contributed by atoms with Crippen molar-refractivity contribution in [2.75, 3.05) is 5.32 Å². The molecule has 0 unspecified atom stereocenters. The van der Waals surface area contributed by atoms with Crippen LogP contribution in [0.5, 0.6) is 0 Å². The topological polar surface area (TPSA) is 29.1 Å². The van der Waals surface area contributed by atoms with Gasteiger partial charge in [0.15, 0.2) is 0 Å². The first-order valence-corrected chi connectivity index (χ1v) is 6.98. The zero-order valence-electron chi connectivity index (χ0n) is 11.4. The average molecular weight is 261 g/mol. The number of allylic oxidation sites excluding steroid dienone is 1. The lowest BCUT2D eigenvalue weighted by Gasteiger charge is -2.06. The predicted octanol–water partition coefficient (Wildman–Crippen LogP) is 3.80. The van der Waals surface area contributed by atoms with E-state index in [1.807, 2.05) is 24.3 Å². The molecule has 0 fully saturated rings. The van der Waals surface area contributed by atoms with E-state index < -0.39 is 0 Å². The third-order valence-electron chi connectivity index (χ3n) is 4.33. The molecule has 0 aromatic heterocycles. The predicted molar refractivity (Wildman–Crippen MR) is 81.4 cm³/mol. The van der Waals surface area contributed by atoms with Gasteiger partial charge in [-0.1, -0.05) is 36.4 Å². The lowest BCUT2D eigenvalue weighted by Crippen LogP contribution is -2.05. The van der Waals surface area contributed by atoms with E-state index in [1.54, 1.807) is 0 Å². The third kappa shape index (κ3) is 1.48. The van der Waals surface area contributed by atoms with Gasteiger partial charge in [-0.25, -0.2) is 0 Å². The summed E-state index contributed by atoms with van der Waals surface area (Å²) in [4.78, 5) is 12.3. The highest BCUT2D eigenvalue weighted by Crippen LogP contribution is 2.43. The number of fused-ring (bicyclic) bond motifs is 2. The van der Waals surface area contributed by atoms with E-state index in [4.69, 9.17) is 0 Å². The summed E-state index contributed by atoms with van der Waals surface area (Å²) in [6, 6.07) is 14.3. The van der Waals surface area contributed by atoms with Gasteiger partial charge >= 0.3 is 0 Å². The van der Waals surface area contributed by atoms with Gasteiger partial charge in [0.05, 0.1) is 5.57 Å². The molecule has 1 N–H and O–H groups in total. The largest absolute Gasteiger partial charge is 0.321 e. The Hall–Kier alpha value is -2.35. The molecule has 0 saturated heterocycles. The molecule has 2 nitrogen and oxygen atoms in total. The Morgan fingerprint density at radius 2 is 1.75 bits per heavy atom. The van der Waals surface area contributed by atoms with Crippen LogP contribution in [0.3, 0.4) is 0 Å². The number of carbonyl (C=O) groups excluding carboxylic acids is 1. The van der Waals surface area contributed by atoms with Crippen molar-refractivity contribution in [3.05, 3.63) is 64.7 Å². The molecular weight excluding hydrogens is 246 g/mol. The first-order chi connectivity index (χ1) is 9.75. The van der Waals surface area contributed by atoms with Crippen LogP contribution >= 0.6 is 0 Å². The Labute approximate surface area is 118 Å². The molecule has 0 saturated carbocycles. The number of nitrogens with one attached hydrogen (secondary N) is 1. The Morgan fingerprint density at radius 1 is 0.950 bits per heavy atom. The van der Waals surface area contributed by atoms with Crippen LogP contribution in [0.4, 0.5) is 5.69 Å². The second kappa shape index (κ2) is 4.07. The number of aryl methyl sites for hydroxylation is 1. The molecule has 1 amide bonds. The fraction of sp³-hybridized carbons (Fsp3) is 0.167. The van der Waals surface area contributed by atoms with Crippen molar-refractivity contribution in [3.63, 3.8) is 0 Å². The zero-order valence-corrected chi connectivity index (χ0v) is 11.4. The van der Waals surface area contributed by atoms with E-state index in [0.29, 0.717) is 0 Å². The van der Waals surface area contributed by atoms with Crippen LogP contribution in [-0.4, -0.2) is 5.91 Å². The summed E-state index contributed by atoms with van der Waals surface area (Å²) in [5.41, 5.74) is 8.02. The summed E-state index contributed by atoms with van der Waals surface area (Å²) >= 11 is 0. The second-order valence-corrected chi connectivity index (χ2v) is 5.45. The first-order valence-electron chi connectivity index (χ1n) is 6.98. The number of hydrogen-bond donors (Lipinski definition) is 1. The fourth-order valence-corrected chi connectivity index (χ4v) is 3.38. The van der Waals surface area contributed by atoms with Gasteiger partial charge in [0.25, 0.3) is 5.91 Å². The lowest BCUT2D eigenvalue weighted by molar-refractivity contribution is -0.110. The smallest absolute Gasteiger partial charge is 0.256 e. The normalized spacial score (nSPS) is 19.8. The average Bonchev–Trinajstić information content (AvgIpc) is 2.99. The van der Waals surface area contributed by atoms with E-state index in [2.05, 4.69) is 30.4 Å². The quantitative estimate of drug-likeness (QED) is 0.718. The molecule has 1 heterocycles. The van der Waals surface area contributed by atoms with E-state index in [1.165, 1.54) is 22.3 Å². The summed E-state index contributed by atoms with van der Waals surface area (Å²) in [7, 11) is 0. The van der Waals surface area contributed by atoms with Crippen LogP contribution in [0.2, 0.25) is 0 Å². The van der Waals surface area contributed by atoms with Gasteiger partial charge in [0.2, 0.25) is 0 Å². The van der Waals surface area contributed by atoms with Gasteiger partial charge in [-0.3, -0.25) is 4.79 Å².